The molecule has 0 saturated carbocycles. The summed E-state index contributed by atoms with van der Waals surface area (Å²) < 4.78 is 26.4. The van der Waals surface area contributed by atoms with Crippen molar-refractivity contribution >= 4 is 29.3 Å². The Bertz CT molecular complexity index is 136. The zero-order chi connectivity index (χ0) is 8.27. The molecule has 7 nitrogen and oxygen atoms in total. The third-order valence-electron chi connectivity index (χ3n) is 0.833. The minimum absolute atomic E-state index is 0. The number of rotatable bonds is 4. The SMILES string of the molecule is O=BOB1OB(OB([O-])[O-])O1.[K+].[K+]. The van der Waals surface area contributed by atoms with Crippen molar-refractivity contribution in [3.05, 3.63) is 0 Å². The van der Waals surface area contributed by atoms with Crippen LogP contribution in [0, 0.1) is 0 Å². The minimum Gasteiger partial charge on any atom is 1.00 e. The van der Waals surface area contributed by atoms with Gasteiger partial charge in [0.15, 0.2) is 0 Å². The van der Waals surface area contributed by atoms with E-state index in [0.717, 1.165) is 0 Å². The maximum atomic E-state index is 9.75. The van der Waals surface area contributed by atoms with Gasteiger partial charge in [0.2, 0.25) is 0 Å². The van der Waals surface area contributed by atoms with Crippen molar-refractivity contribution in [3.8, 4) is 0 Å². The molecule has 0 radical (unpaired) electrons. The molecule has 1 saturated heterocycles. The van der Waals surface area contributed by atoms with Crippen molar-refractivity contribution in [3.63, 3.8) is 0 Å². The van der Waals surface area contributed by atoms with Gasteiger partial charge in [-0.05, 0) is 0 Å². The van der Waals surface area contributed by atoms with Crippen LogP contribution < -0.4 is 113 Å². The van der Waals surface area contributed by atoms with Gasteiger partial charge in [-0.2, -0.15) is 0 Å². The summed E-state index contributed by atoms with van der Waals surface area (Å²) in [5.74, 6) is 0. The summed E-state index contributed by atoms with van der Waals surface area (Å²) in [5.41, 5.74) is 0. The maximum Gasteiger partial charge on any atom is 1.00 e. The van der Waals surface area contributed by atoms with Crippen LogP contribution in [0.25, 0.3) is 0 Å². The van der Waals surface area contributed by atoms with Gasteiger partial charge in [-0.3, -0.25) is 0 Å². The average Bonchev–Trinajstić information content (AvgIpc) is 1.82. The van der Waals surface area contributed by atoms with E-state index in [2.05, 4.69) is 18.3 Å². The fourth-order valence-electron chi connectivity index (χ4n) is 0.456. The molecule has 0 aliphatic carbocycles. The Morgan fingerprint density at radius 1 is 1.23 bits per heavy atom. The molecular formula is B4K2O7. The molecule has 13 heavy (non-hydrogen) atoms. The first kappa shape index (κ1) is 18.3. The summed E-state index contributed by atoms with van der Waals surface area (Å²) >= 11 is 0. The van der Waals surface area contributed by atoms with Crippen molar-refractivity contribution in [2.45, 2.75) is 0 Å². The van der Waals surface area contributed by atoms with E-state index in [0.29, 0.717) is 0 Å². The topological polar surface area (TPSA) is 100 Å². The van der Waals surface area contributed by atoms with Gasteiger partial charge in [0.25, 0.3) is 0 Å². The van der Waals surface area contributed by atoms with Crippen LogP contribution in [0.4, 0.5) is 0 Å². The predicted octanol–water partition coefficient (Wildman–Crippen LogP) is -10.3. The van der Waals surface area contributed by atoms with E-state index >= 15 is 0 Å². The second kappa shape index (κ2) is 10.1. The first-order valence-corrected chi connectivity index (χ1v) is 2.59. The van der Waals surface area contributed by atoms with Gasteiger partial charge in [0.05, 0.1) is 0 Å². The third-order valence-corrected chi connectivity index (χ3v) is 0.833. The van der Waals surface area contributed by atoms with Crippen LogP contribution in [0.3, 0.4) is 0 Å². The third kappa shape index (κ3) is 7.77. The molecule has 0 aromatic carbocycles. The molecule has 0 N–H and O–H groups in total. The van der Waals surface area contributed by atoms with E-state index in [1.54, 1.807) is 0 Å². The molecule has 0 aromatic heterocycles. The molecular weight excluding hydrogens is 233 g/mol. The molecule has 13 heteroatoms. The molecule has 1 aliphatic heterocycles. The van der Waals surface area contributed by atoms with Gasteiger partial charge >= 0.3 is 165 Å². The van der Waals surface area contributed by atoms with Crippen molar-refractivity contribution < 1.29 is 136 Å². The smallest absolute Gasteiger partial charge is 1.00 e. The Labute approximate surface area is 161 Å². The normalized spacial score (nSPS) is 13.1. The summed E-state index contributed by atoms with van der Waals surface area (Å²) in [4.78, 5) is 0. The Morgan fingerprint density at radius 2 is 1.77 bits per heavy atom. The van der Waals surface area contributed by atoms with Crippen LogP contribution in [0.5, 0.6) is 0 Å². The minimum atomic E-state index is -2.47. The van der Waals surface area contributed by atoms with Crippen molar-refractivity contribution in [1.82, 2.24) is 0 Å². The second-order valence-electron chi connectivity index (χ2n) is 1.51. The van der Waals surface area contributed by atoms with Gasteiger partial charge in [0, 0.05) is 0 Å². The molecule has 1 fully saturated rings. The predicted molar refractivity (Wildman–Crippen MR) is 28.0 cm³/mol. The summed E-state index contributed by atoms with van der Waals surface area (Å²) in [7, 11) is -4.86. The Morgan fingerprint density at radius 3 is 2.15 bits per heavy atom. The first-order chi connectivity index (χ1) is 5.22. The fourth-order valence-corrected chi connectivity index (χ4v) is 0.456. The molecule has 56 valence electrons. The summed E-state index contributed by atoms with van der Waals surface area (Å²) in [5, 5.41) is 19.5. The average molecular weight is 233 g/mol. The molecule has 1 heterocycles. The zero-order valence-electron chi connectivity index (χ0n) is 7.17. The van der Waals surface area contributed by atoms with E-state index in [4.69, 9.17) is 0 Å². The van der Waals surface area contributed by atoms with E-state index in [9.17, 15) is 14.8 Å². The van der Waals surface area contributed by atoms with Crippen LogP contribution in [-0.2, 0) is 23.0 Å². The zero-order valence-corrected chi connectivity index (χ0v) is 13.4. The molecule has 0 aromatic rings. The van der Waals surface area contributed by atoms with Gasteiger partial charge < -0.3 is 0 Å². The van der Waals surface area contributed by atoms with E-state index in [1.807, 2.05) is 0 Å². The monoisotopic (exact) mass is 234 g/mol. The van der Waals surface area contributed by atoms with Crippen LogP contribution >= 0.6 is 0 Å². The largest absolute Gasteiger partial charge is 1.00 e. The van der Waals surface area contributed by atoms with Crippen LogP contribution in [0.1, 0.15) is 0 Å². The van der Waals surface area contributed by atoms with Crippen molar-refractivity contribution in [2.75, 3.05) is 0 Å². The van der Waals surface area contributed by atoms with Gasteiger partial charge in [-0.1, -0.05) is 0 Å². The maximum absolute atomic E-state index is 9.75. The van der Waals surface area contributed by atoms with Crippen LogP contribution in [-0.4, -0.2) is 29.3 Å². The molecule has 0 amide bonds. The van der Waals surface area contributed by atoms with Crippen molar-refractivity contribution in [1.29, 1.82) is 0 Å². The van der Waals surface area contributed by atoms with E-state index in [1.165, 1.54) is 0 Å². The van der Waals surface area contributed by atoms with Gasteiger partial charge in [0.1, 0.15) is 0 Å². The molecule has 0 bridgehead atoms. The standard InChI is InChI=1S/B4O7.2K/c5-1-8-3-10-4(11-3)9-2(6)7;;/q-2;2*+1. The number of hydrogen-bond donors (Lipinski definition) is 0. The molecule has 1 aliphatic rings. The molecule has 0 atom stereocenters. The van der Waals surface area contributed by atoms with Crippen LogP contribution in [0.2, 0.25) is 0 Å². The quantitative estimate of drug-likeness (QED) is 0.444. The molecule has 0 spiro atoms. The summed E-state index contributed by atoms with van der Waals surface area (Å²) in [6.45, 7) is 0. The summed E-state index contributed by atoms with van der Waals surface area (Å²) in [6.07, 6.45) is 0. The van der Waals surface area contributed by atoms with Crippen molar-refractivity contribution in [2.24, 2.45) is 0 Å². The molecule has 0 unspecified atom stereocenters. The molecule has 1 rings (SSSR count). The van der Waals surface area contributed by atoms with Gasteiger partial charge in [-0.25, -0.2) is 0 Å². The van der Waals surface area contributed by atoms with E-state index < -0.39 is 22.0 Å². The van der Waals surface area contributed by atoms with Gasteiger partial charge in [-0.15, -0.1) is 0 Å². The summed E-state index contributed by atoms with van der Waals surface area (Å²) in [6, 6.07) is 0. The number of hydrogen-bond acceptors (Lipinski definition) is 7. The Hall–Kier alpha value is 2.93. The van der Waals surface area contributed by atoms with Crippen LogP contribution in [0.15, 0.2) is 0 Å². The van der Waals surface area contributed by atoms with E-state index in [-0.39, 0.29) is 110 Å². The Balaban J connectivity index is 0. The Kier molecular flexibility index (Phi) is 14.2. The second-order valence-corrected chi connectivity index (χ2v) is 1.51. The fraction of sp³-hybridized carbons (Fsp3) is 0. The first-order valence-electron chi connectivity index (χ1n) is 2.59.